The number of ether oxygens (including phenoxy) is 1. The molecule has 5 heteroatoms. The number of methoxy groups -OCH3 is 1. The van der Waals surface area contributed by atoms with Gasteiger partial charge < -0.3 is 9.84 Å². The van der Waals surface area contributed by atoms with Crippen LogP contribution in [0.15, 0.2) is 30.6 Å². The minimum atomic E-state index is -0.957. The van der Waals surface area contributed by atoms with Crippen LogP contribution in [0.5, 0.6) is 5.75 Å². The third-order valence-electron chi connectivity index (χ3n) is 4.00. The Labute approximate surface area is 125 Å². The summed E-state index contributed by atoms with van der Waals surface area (Å²) in [7, 11) is 1.64. The molecule has 114 valence electrons. The van der Waals surface area contributed by atoms with E-state index in [0.717, 1.165) is 11.3 Å². The first-order valence-electron chi connectivity index (χ1n) is 7.04. The Bertz CT molecular complexity index is 575. The Morgan fingerprint density at radius 2 is 1.90 bits per heavy atom. The van der Waals surface area contributed by atoms with Gasteiger partial charge >= 0.3 is 0 Å². The molecule has 0 fully saturated rings. The monoisotopic (exact) mass is 289 g/mol. The molecule has 1 heterocycles. The lowest BCUT2D eigenvalue weighted by atomic mass is 9.71. The van der Waals surface area contributed by atoms with Crippen LogP contribution < -0.4 is 4.74 Å². The second-order valence-corrected chi connectivity index (χ2v) is 6.38. The molecule has 0 bridgehead atoms. The van der Waals surface area contributed by atoms with Crippen LogP contribution in [0, 0.1) is 5.41 Å². The van der Waals surface area contributed by atoms with E-state index >= 15 is 0 Å². The van der Waals surface area contributed by atoms with Crippen molar-refractivity contribution in [3.05, 3.63) is 42.0 Å². The molecule has 0 aliphatic rings. The first kappa shape index (κ1) is 15.5. The summed E-state index contributed by atoms with van der Waals surface area (Å²) in [6.45, 7) is 6.08. The number of aromatic nitrogens is 3. The van der Waals surface area contributed by atoms with Crippen LogP contribution >= 0.6 is 0 Å². The average Bonchev–Trinajstić information content (AvgIpc) is 2.90. The molecule has 0 saturated carbocycles. The lowest BCUT2D eigenvalue weighted by Gasteiger charge is -2.40. The van der Waals surface area contributed by atoms with Gasteiger partial charge in [-0.3, -0.25) is 5.10 Å². The Balaban J connectivity index is 2.32. The van der Waals surface area contributed by atoms with Gasteiger partial charge in [-0.25, -0.2) is 4.98 Å². The molecule has 0 aliphatic heterocycles. The summed E-state index contributed by atoms with van der Waals surface area (Å²) in [5.41, 5.74) is -0.293. The molecule has 1 aromatic carbocycles. The van der Waals surface area contributed by atoms with E-state index < -0.39 is 5.60 Å². The van der Waals surface area contributed by atoms with E-state index in [1.807, 2.05) is 45.0 Å². The maximum atomic E-state index is 11.2. The zero-order chi connectivity index (χ0) is 15.5. The van der Waals surface area contributed by atoms with Crippen molar-refractivity contribution >= 4 is 0 Å². The summed E-state index contributed by atoms with van der Waals surface area (Å²) in [6.07, 6.45) is 2.36. The number of rotatable bonds is 5. The van der Waals surface area contributed by atoms with Gasteiger partial charge in [0, 0.05) is 12.8 Å². The molecule has 1 unspecified atom stereocenters. The molecule has 0 spiro atoms. The molecule has 1 aromatic heterocycles. The molecule has 1 atom stereocenters. The van der Waals surface area contributed by atoms with Crippen molar-refractivity contribution in [3.63, 3.8) is 0 Å². The van der Waals surface area contributed by atoms with E-state index in [0.29, 0.717) is 18.7 Å². The van der Waals surface area contributed by atoms with E-state index in [9.17, 15) is 5.11 Å². The van der Waals surface area contributed by atoms with Crippen LogP contribution in [0.25, 0.3) is 0 Å². The van der Waals surface area contributed by atoms with Crippen molar-refractivity contribution < 1.29 is 9.84 Å². The highest BCUT2D eigenvalue weighted by atomic mass is 16.5. The Morgan fingerprint density at radius 1 is 1.19 bits per heavy atom. The van der Waals surface area contributed by atoms with Gasteiger partial charge in [0.2, 0.25) is 0 Å². The fraction of sp³-hybridized carbons (Fsp3) is 0.500. The van der Waals surface area contributed by atoms with Crippen LogP contribution in [-0.2, 0) is 12.8 Å². The fourth-order valence-corrected chi connectivity index (χ4v) is 2.35. The van der Waals surface area contributed by atoms with Crippen LogP contribution in [0.2, 0.25) is 0 Å². The molecule has 2 rings (SSSR count). The van der Waals surface area contributed by atoms with Crippen molar-refractivity contribution in [1.29, 1.82) is 0 Å². The smallest absolute Gasteiger partial charge is 0.137 e. The number of para-hydroxylation sites is 1. The highest BCUT2D eigenvalue weighted by Crippen LogP contribution is 2.37. The molecule has 0 aliphatic carbocycles. The topological polar surface area (TPSA) is 71.0 Å². The predicted molar refractivity (Wildman–Crippen MR) is 81.2 cm³/mol. The second kappa shape index (κ2) is 5.85. The Hall–Kier alpha value is -1.88. The molecule has 2 N–H and O–H groups in total. The zero-order valence-electron chi connectivity index (χ0n) is 13.1. The highest BCUT2D eigenvalue weighted by Gasteiger charge is 2.41. The molecule has 2 aromatic rings. The Kier molecular flexibility index (Phi) is 4.32. The number of nitrogens with zero attached hydrogens (tertiary/aromatic N) is 2. The minimum absolute atomic E-state index is 0.319. The Morgan fingerprint density at radius 3 is 2.48 bits per heavy atom. The standard InChI is InChI=1S/C16H23N3O2/c1-15(2,3)16(20,10-14-17-11-18-19-14)9-12-7-5-6-8-13(12)21-4/h5-8,11,20H,9-10H2,1-4H3,(H,17,18,19). The maximum absolute atomic E-state index is 11.2. The molecule has 0 amide bonds. The lowest BCUT2D eigenvalue weighted by Crippen LogP contribution is -2.47. The third-order valence-corrected chi connectivity index (χ3v) is 4.00. The van der Waals surface area contributed by atoms with E-state index in [1.54, 1.807) is 7.11 Å². The number of aromatic amines is 1. The number of nitrogens with one attached hydrogen (secondary N) is 1. The number of hydrogen-bond acceptors (Lipinski definition) is 4. The maximum Gasteiger partial charge on any atom is 0.137 e. The van der Waals surface area contributed by atoms with E-state index in [-0.39, 0.29) is 5.41 Å². The normalized spacial score (nSPS) is 14.7. The van der Waals surface area contributed by atoms with E-state index in [1.165, 1.54) is 6.33 Å². The lowest BCUT2D eigenvalue weighted by molar-refractivity contribution is -0.0586. The summed E-state index contributed by atoms with van der Waals surface area (Å²) in [5, 5.41) is 17.9. The van der Waals surface area contributed by atoms with Gasteiger partial charge in [0.15, 0.2) is 0 Å². The first-order chi connectivity index (χ1) is 9.86. The minimum Gasteiger partial charge on any atom is -0.496 e. The fourth-order valence-electron chi connectivity index (χ4n) is 2.35. The zero-order valence-corrected chi connectivity index (χ0v) is 13.1. The number of hydrogen-bond donors (Lipinski definition) is 2. The van der Waals surface area contributed by atoms with Crippen molar-refractivity contribution in [2.45, 2.75) is 39.2 Å². The molecule has 5 nitrogen and oxygen atoms in total. The summed E-state index contributed by atoms with van der Waals surface area (Å²) < 4.78 is 5.39. The first-order valence-corrected chi connectivity index (χ1v) is 7.04. The average molecular weight is 289 g/mol. The van der Waals surface area contributed by atoms with Gasteiger partial charge in [-0.2, -0.15) is 5.10 Å². The second-order valence-electron chi connectivity index (χ2n) is 6.38. The molecule has 0 saturated heterocycles. The number of aliphatic hydroxyl groups is 1. The molecular formula is C16H23N3O2. The largest absolute Gasteiger partial charge is 0.496 e. The van der Waals surface area contributed by atoms with Crippen LogP contribution in [0.4, 0.5) is 0 Å². The van der Waals surface area contributed by atoms with Gasteiger partial charge in [-0.05, 0) is 17.0 Å². The van der Waals surface area contributed by atoms with Gasteiger partial charge in [-0.1, -0.05) is 39.0 Å². The van der Waals surface area contributed by atoms with Gasteiger partial charge in [0.25, 0.3) is 0 Å². The van der Waals surface area contributed by atoms with Crippen LogP contribution in [0.1, 0.15) is 32.2 Å². The SMILES string of the molecule is COc1ccccc1CC(O)(Cc1ncn[nH]1)C(C)(C)C. The molecule has 0 radical (unpaired) electrons. The number of H-pyrrole nitrogens is 1. The van der Waals surface area contributed by atoms with Crippen molar-refractivity contribution in [1.82, 2.24) is 15.2 Å². The summed E-state index contributed by atoms with van der Waals surface area (Å²) in [4.78, 5) is 4.14. The summed E-state index contributed by atoms with van der Waals surface area (Å²) in [5.74, 6) is 1.47. The van der Waals surface area contributed by atoms with Gasteiger partial charge in [0.1, 0.15) is 17.9 Å². The van der Waals surface area contributed by atoms with Crippen molar-refractivity contribution in [2.24, 2.45) is 5.41 Å². The van der Waals surface area contributed by atoms with Crippen LogP contribution in [-0.4, -0.2) is 33.0 Å². The van der Waals surface area contributed by atoms with Gasteiger partial charge in [-0.15, -0.1) is 0 Å². The molecule has 21 heavy (non-hydrogen) atoms. The highest BCUT2D eigenvalue weighted by molar-refractivity contribution is 5.35. The van der Waals surface area contributed by atoms with Gasteiger partial charge in [0.05, 0.1) is 12.7 Å². The summed E-state index contributed by atoms with van der Waals surface area (Å²) in [6, 6.07) is 7.77. The van der Waals surface area contributed by atoms with E-state index in [2.05, 4.69) is 15.2 Å². The van der Waals surface area contributed by atoms with Crippen LogP contribution in [0.3, 0.4) is 0 Å². The van der Waals surface area contributed by atoms with Crippen molar-refractivity contribution in [2.75, 3.05) is 7.11 Å². The quantitative estimate of drug-likeness (QED) is 0.886. The van der Waals surface area contributed by atoms with E-state index in [4.69, 9.17) is 4.74 Å². The molecular weight excluding hydrogens is 266 g/mol. The summed E-state index contributed by atoms with van der Waals surface area (Å²) >= 11 is 0. The predicted octanol–water partition coefficient (Wildman–Crippen LogP) is 2.38. The van der Waals surface area contributed by atoms with Crippen molar-refractivity contribution in [3.8, 4) is 5.75 Å². The number of benzene rings is 1. The third kappa shape index (κ3) is 3.42.